The summed E-state index contributed by atoms with van der Waals surface area (Å²) in [6.07, 6.45) is 94.2. The minimum Gasteiger partial charge on any atom is -0.462 e. The van der Waals surface area contributed by atoms with Crippen LogP contribution in [-0.4, -0.2) is 37.2 Å². The predicted molar refractivity (Wildman–Crippen MR) is 353 cm³/mol. The first-order valence-corrected chi connectivity index (χ1v) is 34.4. The molecule has 0 aliphatic rings. The van der Waals surface area contributed by atoms with Gasteiger partial charge in [0.15, 0.2) is 6.10 Å². The highest BCUT2D eigenvalue weighted by Gasteiger charge is 2.19. The Morgan fingerprint density at radius 3 is 0.815 bits per heavy atom. The second-order valence-corrected chi connectivity index (χ2v) is 22.7. The number of carbonyl (C=O) groups is 3. The number of hydrogen-bond donors (Lipinski definition) is 0. The lowest BCUT2D eigenvalue weighted by molar-refractivity contribution is -0.167. The Kier molecular flexibility index (Phi) is 65.2. The summed E-state index contributed by atoms with van der Waals surface area (Å²) in [7, 11) is 0. The van der Waals surface area contributed by atoms with E-state index in [-0.39, 0.29) is 37.5 Å². The number of allylic oxidation sites excluding steroid dienone is 18. The third-order valence-corrected chi connectivity index (χ3v) is 14.7. The molecule has 0 N–H and O–H groups in total. The lowest BCUT2D eigenvalue weighted by atomic mass is 10.0. The van der Waals surface area contributed by atoms with E-state index in [1.54, 1.807) is 0 Å². The van der Waals surface area contributed by atoms with E-state index in [1.165, 1.54) is 180 Å². The lowest BCUT2D eigenvalue weighted by Crippen LogP contribution is -2.30. The Hall–Kier alpha value is -3.93. The monoisotopic (exact) mass is 1120 g/mol. The van der Waals surface area contributed by atoms with Crippen LogP contribution in [0.3, 0.4) is 0 Å². The highest BCUT2D eigenvalue weighted by Crippen LogP contribution is 2.17. The number of esters is 3. The average molecular weight is 1130 g/mol. The highest BCUT2D eigenvalue weighted by atomic mass is 16.6. The summed E-state index contributed by atoms with van der Waals surface area (Å²) >= 11 is 0. The smallest absolute Gasteiger partial charge is 0.306 e. The average Bonchev–Trinajstić information content (AvgIpc) is 3.46. The molecule has 0 aliphatic heterocycles. The van der Waals surface area contributed by atoms with E-state index in [0.29, 0.717) is 19.3 Å². The van der Waals surface area contributed by atoms with Gasteiger partial charge < -0.3 is 14.2 Å². The van der Waals surface area contributed by atoms with Crippen LogP contribution in [0, 0.1) is 0 Å². The SMILES string of the molecule is CC/C=C\C/C=C\C/C=C\C/C=C\C/C=C\CCCC(=O)OC(COC(=O)CCCCCCC/C=C\CCCCCC)COC(=O)CCCCCCCCCCCCCCCCCCCC/C=C\C/C=C\C/C=C\CCCCCCC. The maximum absolute atomic E-state index is 12.9. The Balaban J connectivity index is 4.22. The van der Waals surface area contributed by atoms with Crippen molar-refractivity contribution in [2.24, 2.45) is 0 Å². The molecule has 0 aromatic carbocycles. The molecular formula is C75H128O6. The fourth-order valence-electron chi connectivity index (χ4n) is 9.60. The van der Waals surface area contributed by atoms with Gasteiger partial charge in [-0.25, -0.2) is 0 Å². The predicted octanol–water partition coefficient (Wildman–Crippen LogP) is 23.8. The molecule has 6 nitrogen and oxygen atoms in total. The standard InChI is InChI=1S/C75H128O6/c1-4-7-10-13-16-19-22-25-27-29-30-31-32-33-34-35-36-37-38-39-40-41-42-43-44-46-47-50-53-56-59-62-65-68-74(77)80-71-72(70-79-73(76)67-64-61-58-55-52-49-24-21-18-15-12-9-6-3)81-75(78)69-66-63-60-57-54-51-48-45-28-26-23-20-17-14-11-8-5-2/h8,11,17,20-22,24-26,28-30,32-33,48,51,57,60,72H,4-7,9-10,12-16,18-19,23,27,31,34-47,49-50,52-56,58-59,61-71H2,1-3H3/b11-8-,20-17-,24-21-,25-22-,28-26-,30-29-,33-32-,51-48-,60-57-. The van der Waals surface area contributed by atoms with Crippen LogP contribution in [0.5, 0.6) is 0 Å². The summed E-state index contributed by atoms with van der Waals surface area (Å²) in [4.78, 5) is 38.3. The second-order valence-electron chi connectivity index (χ2n) is 22.7. The first kappa shape index (κ1) is 77.1. The van der Waals surface area contributed by atoms with Crippen LogP contribution in [0.4, 0.5) is 0 Å². The minimum atomic E-state index is -0.812. The van der Waals surface area contributed by atoms with Gasteiger partial charge in [-0.2, -0.15) is 0 Å². The summed E-state index contributed by atoms with van der Waals surface area (Å²) < 4.78 is 16.9. The summed E-state index contributed by atoms with van der Waals surface area (Å²) in [6.45, 7) is 6.47. The zero-order chi connectivity index (χ0) is 58.5. The molecular weight excluding hydrogens is 997 g/mol. The van der Waals surface area contributed by atoms with Crippen LogP contribution < -0.4 is 0 Å². The van der Waals surface area contributed by atoms with E-state index in [4.69, 9.17) is 14.2 Å². The van der Waals surface area contributed by atoms with Crippen molar-refractivity contribution in [1.29, 1.82) is 0 Å². The zero-order valence-electron chi connectivity index (χ0n) is 53.3. The van der Waals surface area contributed by atoms with E-state index in [0.717, 1.165) is 103 Å². The van der Waals surface area contributed by atoms with Crippen molar-refractivity contribution in [3.8, 4) is 0 Å². The molecule has 0 heterocycles. The van der Waals surface area contributed by atoms with E-state index in [1.807, 2.05) is 0 Å². The molecule has 6 heteroatoms. The van der Waals surface area contributed by atoms with Crippen LogP contribution in [0.25, 0.3) is 0 Å². The number of hydrogen-bond acceptors (Lipinski definition) is 6. The third-order valence-electron chi connectivity index (χ3n) is 14.7. The highest BCUT2D eigenvalue weighted by molar-refractivity contribution is 5.71. The molecule has 0 fully saturated rings. The van der Waals surface area contributed by atoms with E-state index in [9.17, 15) is 14.4 Å². The van der Waals surface area contributed by atoms with Gasteiger partial charge in [0, 0.05) is 19.3 Å². The Labute approximate surface area is 501 Å². The van der Waals surface area contributed by atoms with Gasteiger partial charge in [0.25, 0.3) is 0 Å². The molecule has 0 spiro atoms. The van der Waals surface area contributed by atoms with Crippen molar-refractivity contribution in [3.63, 3.8) is 0 Å². The van der Waals surface area contributed by atoms with Crippen molar-refractivity contribution in [2.45, 2.75) is 335 Å². The largest absolute Gasteiger partial charge is 0.462 e. The van der Waals surface area contributed by atoms with E-state index in [2.05, 4.69) is 130 Å². The third kappa shape index (κ3) is 66.8. The quantitative estimate of drug-likeness (QED) is 0.0261. The lowest BCUT2D eigenvalue weighted by Gasteiger charge is -2.18. The summed E-state index contributed by atoms with van der Waals surface area (Å²) in [5.74, 6) is -0.961. The van der Waals surface area contributed by atoms with Crippen LogP contribution in [0.1, 0.15) is 329 Å². The van der Waals surface area contributed by atoms with E-state index >= 15 is 0 Å². The van der Waals surface area contributed by atoms with Gasteiger partial charge in [0.2, 0.25) is 0 Å². The molecule has 464 valence electrons. The molecule has 1 unspecified atom stereocenters. The van der Waals surface area contributed by atoms with Gasteiger partial charge in [-0.05, 0) is 122 Å². The topological polar surface area (TPSA) is 78.9 Å². The molecule has 0 radical (unpaired) electrons. The first-order valence-electron chi connectivity index (χ1n) is 34.4. The molecule has 0 rings (SSSR count). The molecule has 0 aliphatic carbocycles. The Bertz CT molecular complexity index is 1620. The van der Waals surface area contributed by atoms with Crippen molar-refractivity contribution < 1.29 is 28.6 Å². The normalized spacial score (nSPS) is 12.8. The molecule has 0 saturated heterocycles. The fourth-order valence-corrected chi connectivity index (χ4v) is 9.60. The first-order chi connectivity index (χ1) is 40.0. The van der Waals surface area contributed by atoms with Crippen LogP contribution >= 0.6 is 0 Å². The maximum atomic E-state index is 12.9. The Morgan fingerprint density at radius 1 is 0.259 bits per heavy atom. The van der Waals surface area contributed by atoms with E-state index < -0.39 is 6.10 Å². The summed E-state index contributed by atoms with van der Waals surface area (Å²) in [6, 6.07) is 0. The number of carbonyl (C=O) groups excluding carboxylic acids is 3. The van der Waals surface area contributed by atoms with Crippen LogP contribution in [-0.2, 0) is 28.6 Å². The second kappa shape index (κ2) is 68.6. The van der Waals surface area contributed by atoms with Gasteiger partial charge in [0.1, 0.15) is 13.2 Å². The molecule has 1 atom stereocenters. The van der Waals surface area contributed by atoms with Crippen molar-refractivity contribution in [1.82, 2.24) is 0 Å². The number of ether oxygens (including phenoxy) is 3. The number of rotatable bonds is 62. The van der Waals surface area contributed by atoms with Gasteiger partial charge in [-0.15, -0.1) is 0 Å². The van der Waals surface area contributed by atoms with Gasteiger partial charge >= 0.3 is 17.9 Å². The van der Waals surface area contributed by atoms with Crippen molar-refractivity contribution in [3.05, 3.63) is 109 Å². The van der Waals surface area contributed by atoms with Crippen molar-refractivity contribution in [2.75, 3.05) is 13.2 Å². The fraction of sp³-hybridized carbons (Fsp3) is 0.720. The molecule has 0 bridgehead atoms. The van der Waals surface area contributed by atoms with Crippen LogP contribution in [0.2, 0.25) is 0 Å². The molecule has 0 aromatic heterocycles. The van der Waals surface area contributed by atoms with Gasteiger partial charge in [-0.1, -0.05) is 297 Å². The van der Waals surface area contributed by atoms with Crippen molar-refractivity contribution >= 4 is 17.9 Å². The molecule has 0 saturated carbocycles. The molecule has 0 aromatic rings. The zero-order valence-corrected chi connectivity index (χ0v) is 53.3. The Morgan fingerprint density at radius 2 is 0.494 bits per heavy atom. The molecule has 81 heavy (non-hydrogen) atoms. The number of unbranched alkanes of at least 4 members (excludes halogenated alkanes) is 33. The summed E-state index contributed by atoms with van der Waals surface area (Å²) in [5.41, 5.74) is 0. The summed E-state index contributed by atoms with van der Waals surface area (Å²) in [5, 5.41) is 0. The maximum Gasteiger partial charge on any atom is 0.306 e. The van der Waals surface area contributed by atoms with Gasteiger partial charge in [0.05, 0.1) is 0 Å². The minimum absolute atomic E-state index is 0.102. The molecule has 0 amide bonds. The van der Waals surface area contributed by atoms with Gasteiger partial charge in [-0.3, -0.25) is 14.4 Å². The van der Waals surface area contributed by atoms with Crippen LogP contribution in [0.15, 0.2) is 109 Å².